The molecule has 1 aromatic heterocycles. The van der Waals surface area contributed by atoms with Crippen molar-refractivity contribution in [2.75, 3.05) is 6.61 Å². The van der Waals surface area contributed by atoms with Crippen LogP contribution in [0.2, 0.25) is 0 Å². The number of hydrogen-bond acceptors (Lipinski definition) is 9. The summed E-state index contributed by atoms with van der Waals surface area (Å²) in [7, 11) is 0. The fourth-order valence-electron chi connectivity index (χ4n) is 16.9. The molecule has 0 unspecified atom stereocenters. The molecule has 9 N–H and O–H groups in total. The number of imidazole rings is 1. The second-order valence-electron chi connectivity index (χ2n) is 21.5. The Bertz CT molecular complexity index is 2760. The normalized spacial score (nSPS) is 35.2. The Labute approximate surface area is 386 Å². The minimum Gasteiger partial charge on any atom is -0.507 e. The summed E-state index contributed by atoms with van der Waals surface area (Å²) in [5.41, 5.74) is 6.35. The Morgan fingerprint density at radius 3 is 2.47 bits per heavy atom. The maximum absolute atomic E-state index is 12.7. The molecule has 344 valence electrons. The number of allylic oxidation sites excluding steroid dienone is 1. The Kier molecular flexibility index (Phi) is 9.98. The highest BCUT2D eigenvalue weighted by atomic mass is 16.3. The van der Waals surface area contributed by atoms with Gasteiger partial charge in [-0.3, -0.25) is 0 Å². The van der Waals surface area contributed by atoms with Crippen molar-refractivity contribution >= 4 is 22.9 Å². The van der Waals surface area contributed by atoms with Gasteiger partial charge in [-0.15, -0.1) is 0 Å². The number of aromatic amines is 1. The fourth-order valence-corrected chi connectivity index (χ4v) is 16.9. The summed E-state index contributed by atoms with van der Waals surface area (Å²) in [6, 6.07) is 18.5. The van der Waals surface area contributed by atoms with Crippen molar-refractivity contribution in [1.29, 1.82) is 0 Å². The molecule has 10 heteroatoms. The van der Waals surface area contributed by atoms with Crippen molar-refractivity contribution in [3.8, 4) is 28.7 Å². The molecule has 0 amide bonds. The van der Waals surface area contributed by atoms with Gasteiger partial charge in [0.15, 0.2) is 23.0 Å². The van der Waals surface area contributed by atoms with Crippen LogP contribution in [0.25, 0.3) is 22.9 Å². The van der Waals surface area contributed by atoms with Gasteiger partial charge >= 0.3 is 0 Å². The van der Waals surface area contributed by atoms with Crippen LogP contribution in [0.1, 0.15) is 116 Å². The Morgan fingerprint density at radius 1 is 0.788 bits per heavy atom. The number of hydrogen-bond donors (Lipinski definition) is 9. The second kappa shape index (κ2) is 15.6. The highest BCUT2D eigenvalue weighted by molar-refractivity contribution is 6.03. The van der Waals surface area contributed by atoms with Crippen LogP contribution in [0, 0.1) is 46.3 Å². The molecular weight excluding hydrogens is 827 g/mol. The van der Waals surface area contributed by atoms with E-state index in [0.29, 0.717) is 64.5 Å². The van der Waals surface area contributed by atoms with Crippen LogP contribution in [0.15, 0.2) is 79.1 Å². The predicted octanol–water partition coefficient (Wildman–Crippen LogP) is 9.49. The first-order chi connectivity index (χ1) is 32.1. The number of aliphatic hydroxyl groups is 2. The molecule has 1 saturated heterocycles. The summed E-state index contributed by atoms with van der Waals surface area (Å²) in [5.74, 6) is 1.12. The average Bonchev–Trinajstić information content (AvgIpc) is 4.05. The molecule has 12 atom stereocenters. The first kappa shape index (κ1) is 42.1. The topological polar surface area (TPSA) is 182 Å². The monoisotopic (exact) mass is 889 g/mol. The number of aromatic nitrogens is 2. The third-order valence-corrected chi connectivity index (χ3v) is 19.2. The molecule has 4 saturated carbocycles. The minimum atomic E-state index is -0.538. The zero-order valence-electron chi connectivity index (χ0n) is 37.5. The van der Waals surface area contributed by atoms with Gasteiger partial charge in [-0.25, -0.2) is 4.98 Å². The number of nitrogens with one attached hydrogen (secondary N) is 2. The lowest BCUT2D eigenvalue weighted by atomic mass is 9.31. The second-order valence-corrected chi connectivity index (χ2v) is 21.5. The van der Waals surface area contributed by atoms with Crippen molar-refractivity contribution < 1.29 is 35.7 Å². The standard InChI is InChI=1S/C56H63N3O7/c60-26-22-34-28-43(33-11-6-31(7-12-33)8-18-40-38(17-9-32-10-20-44(61)47(64)27-32)39-4-1-5-45(62)48(39)50(66)49(40)65)59-52-41(34)29-37-14-13-36-15-19-42-53(58-30-57-42)56(52)51-46(63)21-16-35-3-2-23-54(35,51)24-25-55(36,37)56/h1,4-7,9-12,16-17,20-21,27,30,34-37,41,43,46,51-52,59-66H,2-3,8,13-15,18-19,22-26,28-29H2,(H,57,58)/b17-9+/t34-,35-,36-,37-,41+,43-,46-,51-,52-,54+,55-,56-/m0/s1. The smallest absolute Gasteiger partial charge is 0.169 e. The Hall–Kier alpha value is -5.29. The number of piperidine rings is 1. The maximum Gasteiger partial charge on any atom is 0.169 e. The average molecular weight is 890 g/mol. The van der Waals surface area contributed by atoms with Gasteiger partial charge in [0.2, 0.25) is 0 Å². The number of nitrogens with zero attached hydrogens (tertiary/aromatic N) is 1. The van der Waals surface area contributed by atoms with E-state index < -0.39 is 6.10 Å². The number of aryl methyl sites for hydroxylation is 2. The summed E-state index contributed by atoms with van der Waals surface area (Å²) in [6.45, 7) is 0.158. The number of benzene rings is 4. The lowest BCUT2D eigenvalue weighted by Crippen LogP contribution is -2.78. The highest BCUT2D eigenvalue weighted by Crippen LogP contribution is 2.80. The summed E-state index contributed by atoms with van der Waals surface area (Å²) in [4.78, 5) is 9.13. The van der Waals surface area contributed by atoms with Crippen molar-refractivity contribution in [2.45, 2.75) is 113 Å². The van der Waals surface area contributed by atoms with E-state index >= 15 is 0 Å². The Balaban J connectivity index is 0.907. The van der Waals surface area contributed by atoms with Crippen LogP contribution in [0.5, 0.6) is 28.7 Å². The van der Waals surface area contributed by atoms with Crippen molar-refractivity contribution in [1.82, 2.24) is 15.3 Å². The summed E-state index contributed by atoms with van der Waals surface area (Å²) in [5, 5.41) is 82.3. The molecule has 0 bridgehead atoms. The number of aromatic hydroxyl groups is 5. The number of fused-ring (bicyclic) bond motifs is 3. The molecule has 12 rings (SSSR count). The maximum atomic E-state index is 12.7. The van der Waals surface area contributed by atoms with Crippen LogP contribution >= 0.6 is 0 Å². The molecule has 4 aromatic carbocycles. The van der Waals surface area contributed by atoms with Gasteiger partial charge in [-0.1, -0.05) is 73.2 Å². The molecule has 0 radical (unpaired) electrons. The molecule has 10 nitrogen and oxygen atoms in total. The van der Waals surface area contributed by atoms with Gasteiger partial charge in [-0.2, -0.15) is 0 Å². The third-order valence-electron chi connectivity index (χ3n) is 19.2. The van der Waals surface area contributed by atoms with Crippen LogP contribution < -0.4 is 5.32 Å². The molecule has 7 aliphatic rings. The zero-order valence-corrected chi connectivity index (χ0v) is 37.5. The van der Waals surface area contributed by atoms with E-state index in [0.717, 1.165) is 24.8 Å². The van der Waals surface area contributed by atoms with Crippen LogP contribution in [-0.2, 0) is 24.7 Å². The molecule has 5 fully saturated rings. The molecule has 66 heavy (non-hydrogen) atoms. The van der Waals surface area contributed by atoms with Crippen molar-refractivity contribution in [3.05, 3.63) is 118 Å². The number of phenolic OH excluding ortho intramolecular Hbond substituents is 5. The van der Waals surface area contributed by atoms with Gasteiger partial charge in [0.05, 0.1) is 23.5 Å². The van der Waals surface area contributed by atoms with E-state index in [4.69, 9.17) is 4.98 Å². The van der Waals surface area contributed by atoms with Crippen LogP contribution in [0.4, 0.5) is 0 Å². The lowest BCUT2D eigenvalue weighted by molar-refractivity contribution is -0.216. The summed E-state index contributed by atoms with van der Waals surface area (Å²) < 4.78 is 0. The number of aliphatic hydroxyl groups excluding tert-OH is 2. The van der Waals surface area contributed by atoms with Crippen LogP contribution in [-0.4, -0.2) is 64.5 Å². The number of rotatable bonds is 8. The number of H-pyrrole nitrogens is 1. The van der Waals surface area contributed by atoms with Gasteiger partial charge < -0.3 is 46.0 Å². The molecule has 2 heterocycles. The van der Waals surface area contributed by atoms with Gasteiger partial charge in [0.1, 0.15) is 5.75 Å². The van der Waals surface area contributed by atoms with Crippen molar-refractivity contribution in [3.63, 3.8) is 0 Å². The lowest BCUT2D eigenvalue weighted by Gasteiger charge is -2.74. The quantitative estimate of drug-likeness (QED) is 0.0416. The third kappa shape index (κ3) is 5.86. The summed E-state index contributed by atoms with van der Waals surface area (Å²) >= 11 is 0. The highest BCUT2D eigenvalue weighted by Gasteiger charge is 2.79. The van der Waals surface area contributed by atoms with Gasteiger partial charge in [0, 0.05) is 41.3 Å². The number of phenols is 5. The zero-order chi connectivity index (χ0) is 45.1. The SMILES string of the molecule is OCC[C@H]1C[C@@H](c2ccc(CCc3c(O)c(O)c4c(O)cccc4c3/C=C/c3ccc(O)c(O)c3)cc2)N[C@H]2[C@@H]1C[C@@H]1CC[C@H]3CCc4[nH]cnc4[C@]24[C@H]2[C@@H](O)C=C[C@@H]5CCC[C@@]52CC[C@]314. The first-order valence-corrected chi connectivity index (χ1v) is 24.8. The van der Waals surface area contributed by atoms with Gasteiger partial charge in [0.25, 0.3) is 0 Å². The predicted molar refractivity (Wildman–Crippen MR) is 254 cm³/mol. The first-order valence-electron chi connectivity index (χ1n) is 24.8. The Morgan fingerprint density at radius 2 is 1.64 bits per heavy atom. The van der Waals surface area contributed by atoms with Crippen molar-refractivity contribution in [2.24, 2.45) is 46.3 Å². The molecular formula is C56H63N3O7. The van der Waals surface area contributed by atoms with E-state index in [1.54, 1.807) is 24.3 Å². The van der Waals surface area contributed by atoms with Gasteiger partial charge in [-0.05, 0) is 170 Å². The van der Waals surface area contributed by atoms with E-state index in [-0.39, 0.29) is 75.0 Å². The molecule has 5 aromatic rings. The molecule has 2 spiro atoms. The van der Waals surface area contributed by atoms with E-state index in [1.807, 2.05) is 12.4 Å². The molecule has 6 aliphatic carbocycles. The minimum absolute atomic E-state index is 0.0447. The van der Waals surface area contributed by atoms with E-state index in [1.165, 1.54) is 92.9 Å². The molecule has 1 aliphatic heterocycles. The van der Waals surface area contributed by atoms with E-state index in [2.05, 4.69) is 46.7 Å². The summed E-state index contributed by atoms with van der Waals surface area (Å²) in [6.07, 6.45) is 24.0. The fraction of sp³-hybridized carbons (Fsp3) is 0.482. The largest absolute Gasteiger partial charge is 0.507 e. The van der Waals surface area contributed by atoms with E-state index in [9.17, 15) is 35.7 Å². The van der Waals surface area contributed by atoms with Crippen LogP contribution in [0.3, 0.4) is 0 Å².